The van der Waals surface area contributed by atoms with Gasteiger partial charge in [-0.25, -0.2) is 10.0 Å². The third kappa shape index (κ3) is 13.7. The number of aryl methyl sites for hydroxylation is 5. The zero-order valence-electron chi connectivity index (χ0n) is 46.8. The molecule has 0 amide bonds. The number of benzene rings is 8. The molecule has 0 radical (unpaired) electrons. The van der Waals surface area contributed by atoms with E-state index in [1.54, 1.807) is 6.08 Å². The Morgan fingerprint density at radius 3 is 1.71 bits per heavy atom. The molecule has 1 heterocycles. The fraction of sp³-hybridized carbons (Fsp3) is 0.268. The summed E-state index contributed by atoms with van der Waals surface area (Å²) in [6.07, 6.45) is 13.9. The van der Waals surface area contributed by atoms with E-state index in [4.69, 9.17) is 4.42 Å². The van der Waals surface area contributed by atoms with Crippen LogP contribution in [-0.2, 0) is 11.8 Å². The van der Waals surface area contributed by atoms with Crippen molar-refractivity contribution in [2.75, 3.05) is 18.8 Å². The SMILES string of the molecule is C=Cc1oc2ccc(C(C)C)cc2c1/C=C\C.CCc1ccccc1-c1ccccc1.Cc1ccc(C(C)C)cc1.Cc1ccc(S(C)(C)C)cc1.Cc1ccc2c(c1)C(C)(C)c1cc(C)c3ccccc3c1-2. The van der Waals surface area contributed by atoms with E-state index in [1.807, 2.05) is 19.1 Å². The summed E-state index contributed by atoms with van der Waals surface area (Å²) in [6.45, 7) is 30.2. The van der Waals surface area contributed by atoms with Gasteiger partial charge in [-0.15, -0.1) is 0 Å². The summed E-state index contributed by atoms with van der Waals surface area (Å²) in [6, 6.07) is 61.2. The lowest BCUT2D eigenvalue weighted by molar-refractivity contribution is 0.603. The molecule has 73 heavy (non-hydrogen) atoms. The Bertz CT molecular complexity index is 3260. The molecule has 8 aromatic carbocycles. The van der Waals surface area contributed by atoms with Gasteiger partial charge in [0.25, 0.3) is 0 Å². The van der Waals surface area contributed by atoms with Crippen LogP contribution < -0.4 is 0 Å². The van der Waals surface area contributed by atoms with Gasteiger partial charge < -0.3 is 4.42 Å². The van der Waals surface area contributed by atoms with Crippen molar-refractivity contribution in [3.63, 3.8) is 0 Å². The second-order valence-electron chi connectivity index (χ2n) is 21.4. The first-order valence-corrected chi connectivity index (χ1v) is 29.1. The van der Waals surface area contributed by atoms with Crippen LogP contribution in [0.5, 0.6) is 0 Å². The van der Waals surface area contributed by atoms with Crippen molar-refractivity contribution in [2.45, 2.75) is 112 Å². The molecule has 0 aliphatic heterocycles. The van der Waals surface area contributed by atoms with Gasteiger partial charge in [-0.3, -0.25) is 0 Å². The standard InChI is InChI=1S/C21H20.C16H18O.C14H14.C10H16S.C10H14/c1-13-9-10-17-18(11-13)21(3,4)19-12-14(2)15-7-5-6-8-16(15)20(17)19;1-5-7-13-14-10-12(11(3)4)8-9-16(14)17-15(13)6-2;1-2-12-8-6-7-11-14(12)13-9-4-3-5-10-13;1-9-5-7-10(8-6-9)11(2,3)4;1-8(2)10-6-4-9(3)5-7-10/h5-12H,1-4H3;5-11H,2H2,1,3-4H3;3-11H,2H2,1H3;5-8H,1-4H3;4-8H,1-3H3/b;7-5-;;;. The quantitative estimate of drug-likeness (QED) is 0.155. The Morgan fingerprint density at radius 2 is 1.12 bits per heavy atom. The summed E-state index contributed by atoms with van der Waals surface area (Å²) < 4.78 is 5.77. The maximum absolute atomic E-state index is 5.77. The Hall–Kier alpha value is -6.61. The zero-order chi connectivity index (χ0) is 53.0. The van der Waals surface area contributed by atoms with Crippen LogP contribution in [0.15, 0.2) is 192 Å². The van der Waals surface area contributed by atoms with Gasteiger partial charge in [0.05, 0.1) is 0 Å². The van der Waals surface area contributed by atoms with E-state index in [9.17, 15) is 0 Å². The number of furan rings is 1. The minimum Gasteiger partial charge on any atom is -0.456 e. The summed E-state index contributed by atoms with van der Waals surface area (Å²) in [4.78, 5) is 1.49. The lowest BCUT2D eigenvalue weighted by Crippen LogP contribution is -2.15. The first-order chi connectivity index (χ1) is 34.8. The number of fused-ring (bicyclic) bond motifs is 6. The van der Waals surface area contributed by atoms with E-state index in [2.05, 4.69) is 271 Å². The highest BCUT2D eigenvalue weighted by Crippen LogP contribution is 2.52. The highest BCUT2D eigenvalue weighted by Gasteiger charge is 2.36. The van der Waals surface area contributed by atoms with Crippen LogP contribution in [-0.4, -0.2) is 18.8 Å². The Balaban J connectivity index is 0.000000153. The van der Waals surface area contributed by atoms with Crippen LogP contribution in [0, 0.1) is 27.7 Å². The van der Waals surface area contributed by atoms with Crippen LogP contribution in [0.2, 0.25) is 0 Å². The van der Waals surface area contributed by atoms with E-state index in [-0.39, 0.29) is 5.41 Å². The molecular weight excluding hydrogens is 901 g/mol. The van der Waals surface area contributed by atoms with E-state index < -0.39 is 10.0 Å². The zero-order valence-corrected chi connectivity index (χ0v) is 47.6. The maximum atomic E-state index is 5.77. The largest absolute Gasteiger partial charge is 0.456 e. The molecule has 1 nitrogen and oxygen atoms in total. The summed E-state index contributed by atoms with van der Waals surface area (Å²) >= 11 is 0. The van der Waals surface area contributed by atoms with Crippen molar-refractivity contribution in [1.82, 2.24) is 0 Å². The summed E-state index contributed by atoms with van der Waals surface area (Å²) in [5.74, 6) is 2.03. The van der Waals surface area contributed by atoms with E-state index in [0.717, 1.165) is 23.3 Å². The fourth-order valence-corrected chi connectivity index (χ4v) is 10.5. The molecule has 10 rings (SSSR count). The van der Waals surface area contributed by atoms with Crippen LogP contribution in [0.25, 0.3) is 56.1 Å². The molecule has 1 aliphatic rings. The van der Waals surface area contributed by atoms with Gasteiger partial charge in [0.2, 0.25) is 0 Å². The molecule has 0 spiro atoms. The normalized spacial score (nSPS) is 12.4. The first-order valence-electron chi connectivity index (χ1n) is 26.2. The van der Waals surface area contributed by atoms with Gasteiger partial charge in [0, 0.05) is 16.4 Å². The second-order valence-corrected chi connectivity index (χ2v) is 25.6. The van der Waals surface area contributed by atoms with Gasteiger partial charge in [0.15, 0.2) is 0 Å². The summed E-state index contributed by atoms with van der Waals surface area (Å²) in [5.41, 5.74) is 20.2. The van der Waals surface area contributed by atoms with Crippen molar-refractivity contribution < 1.29 is 4.42 Å². The molecule has 0 saturated carbocycles. The van der Waals surface area contributed by atoms with Crippen molar-refractivity contribution in [3.8, 4) is 22.3 Å². The number of allylic oxidation sites excluding steroid dienone is 1. The molecule has 0 N–H and O–H groups in total. The number of rotatable bonds is 7. The first kappa shape index (κ1) is 55.7. The van der Waals surface area contributed by atoms with Crippen LogP contribution in [0.3, 0.4) is 0 Å². The van der Waals surface area contributed by atoms with Gasteiger partial charge in [-0.2, -0.15) is 0 Å². The molecule has 1 aromatic heterocycles. The predicted molar refractivity (Wildman–Crippen MR) is 327 cm³/mol. The van der Waals surface area contributed by atoms with Crippen molar-refractivity contribution in [1.29, 1.82) is 0 Å². The predicted octanol–water partition coefficient (Wildman–Crippen LogP) is 21.1. The van der Waals surface area contributed by atoms with E-state index in [0.29, 0.717) is 11.8 Å². The average Bonchev–Trinajstić information content (AvgIpc) is 3.84. The molecular formula is C71H82OS. The molecule has 378 valence electrons. The molecule has 9 aromatic rings. The van der Waals surface area contributed by atoms with Crippen molar-refractivity contribution in [3.05, 3.63) is 244 Å². The number of hydrogen-bond acceptors (Lipinski definition) is 1. The van der Waals surface area contributed by atoms with Crippen LogP contribution in [0.1, 0.15) is 129 Å². The third-order valence-corrected chi connectivity index (χ3v) is 15.6. The lowest BCUT2D eigenvalue weighted by atomic mass is 9.81. The average molecular weight is 984 g/mol. The van der Waals surface area contributed by atoms with Crippen molar-refractivity contribution >= 4 is 43.9 Å². The minimum absolute atomic E-state index is 0.0888. The van der Waals surface area contributed by atoms with Crippen LogP contribution in [0.4, 0.5) is 0 Å². The Kier molecular flexibility index (Phi) is 19.0. The molecule has 0 unspecified atom stereocenters. The molecule has 0 bridgehead atoms. The summed E-state index contributed by atoms with van der Waals surface area (Å²) in [7, 11) is -0.520. The maximum Gasteiger partial charge on any atom is 0.135 e. The van der Waals surface area contributed by atoms with E-state index in [1.165, 1.54) is 93.4 Å². The Morgan fingerprint density at radius 1 is 0.562 bits per heavy atom. The van der Waals surface area contributed by atoms with Gasteiger partial charge in [-0.1, -0.05) is 229 Å². The molecule has 1 aliphatic carbocycles. The van der Waals surface area contributed by atoms with Crippen LogP contribution >= 0.6 is 10.0 Å². The van der Waals surface area contributed by atoms with Gasteiger partial charge in [0.1, 0.15) is 11.3 Å². The Labute approximate surface area is 442 Å². The van der Waals surface area contributed by atoms with Gasteiger partial charge >= 0.3 is 0 Å². The third-order valence-electron chi connectivity index (χ3n) is 14.0. The molecule has 0 fully saturated rings. The molecule has 0 saturated heterocycles. The lowest BCUT2D eigenvalue weighted by Gasteiger charge is -2.25. The second kappa shape index (κ2) is 24.9. The fourth-order valence-electron chi connectivity index (χ4n) is 9.51. The highest BCUT2D eigenvalue weighted by atomic mass is 32.3. The number of hydrogen-bond donors (Lipinski definition) is 0. The minimum atomic E-state index is -0.520. The monoisotopic (exact) mass is 983 g/mol. The molecule has 0 atom stereocenters. The highest BCUT2D eigenvalue weighted by molar-refractivity contribution is 8.32. The van der Waals surface area contributed by atoms with E-state index >= 15 is 0 Å². The van der Waals surface area contributed by atoms with Gasteiger partial charge in [-0.05, 0) is 173 Å². The van der Waals surface area contributed by atoms with Crippen molar-refractivity contribution in [2.24, 2.45) is 0 Å². The smallest absolute Gasteiger partial charge is 0.135 e. The summed E-state index contributed by atoms with van der Waals surface area (Å²) in [5, 5.41) is 3.94. The topological polar surface area (TPSA) is 13.1 Å². The molecule has 2 heteroatoms.